The average molecular weight is 250 g/mol. The SMILES string of the molecule is CCC1(CC)CCN(C(=O)C(C)(C#N)CC)CC1. The Balaban J connectivity index is 2.69. The molecule has 0 bridgehead atoms. The minimum atomic E-state index is -0.835. The van der Waals surface area contributed by atoms with Crippen LogP contribution in [-0.2, 0) is 4.79 Å². The molecule has 1 unspecified atom stereocenters. The number of carbonyl (C=O) groups is 1. The summed E-state index contributed by atoms with van der Waals surface area (Å²) in [4.78, 5) is 14.3. The van der Waals surface area contributed by atoms with Gasteiger partial charge in [0, 0.05) is 13.1 Å². The first-order chi connectivity index (χ1) is 8.47. The Morgan fingerprint density at radius 1 is 1.28 bits per heavy atom. The molecule has 1 aliphatic rings. The first kappa shape index (κ1) is 15.0. The summed E-state index contributed by atoms with van der Waals surface area (Å²) in [5, 5.41) is 9.18. The van der Waals surface area contributed by atoms with Crippen LogP contribution in [0.25, 0.3) is 0 Å². The number of hydrogen-bond acceptors (Lipinski definition) is 2. The zero-order valence-electron chi connectivity index (χ0n) is 12.3. The van der Waals surface area contributed by atoms with Crippen LogP contribution in [0.1, 0.15) is 59.8 Å². The van der Waals surface area contributed by atoms with Crippen molar-refractivity contribution < 1.29 is 4.79 Å². The molecule has 1 fully saturated rings. The molecule has 102 valence electrons. The Morgan fingerprint density at radius 2 is 1.78 bits per heavy atom. The lowest BCUT2D eigenvalue weighted by Gasteiger charge is -2.42. The van der Waals surface area contributed by atoms with Crippen LogP contribution in [-0.4, -0.2) is 23.9 Å². The van der Waals surface area contributed by atoms with Gasteiger partial charge >= 0.3 is 0 Å². The number of amides is 1. The molecule has 0 N–H and O–H groups in total. The molecule has 0 aromatic carbocycles. The molecule has 3 heteroatoms. The highest BCUT2D eigenvalue weighted by Crippen LogP contribution is 2.39. The molecule has 0 aliphatic carbocycles. The van der Waals surface area contributed by atoms with Gasteiger partial charge in [0.05, 0.1) is 6.07 Å². The minimum absolute atomic E-state index is 0.0216. The van der Waals surface area contributed by atoms with Crippen molar-refractivity contribution in [2.45, 2.75) is 59.8 Å². The number of hydrogen-bond donors (Lipinski definition) is 0. The molecule has 1 amide bonds. The fourth-order valence-electron chi connectivity index (χ4n) is 2.77. The Kier molecular flexibility index (Phi) is 4.78. The van der Waals surface area contributed by atoms with E-state index >= 15 is 0 Å². The van der Waals surface area contributed by atoms with Crippen molar-refractivity contribution in [2.24, 2.45) is 10.8 Å². The van der Waals surface area contributed by atoms with Gasteiger partial charge in [-0.15, -0.1) is 0 Å². The molecule has 0 aromatic heterocycles. The summed E-state index contributed by atoms with van der Waals surface area (Å²) in [7, 11) is 0. The summed E-state index contributed by atoms with van der Waals surface area (Å²) in [5.41, 5.74) is -0.412. The molecular formula is C15H26N2O. The maximum atomic E-state index is 12.4. The number of nitriles is 1. The third-order valence-electron chi connectivity index (χ3n) is 5.04. The molecular weight excluding hydrogens is 224 g/mol. The van der Waals surface area contributed by atoms with Gasteiger partial charge < -0.3 is 4.90 Å². The van der Waals surface area contributed by atoms with E-state index in [0.717, 1.165) is 25.9 Å². The van der Waals surface area contributed by atoms with Gasteiger partial charge in [0.25, 0.3) is 0 Å². The van der Waals surface area contributed by atoms with Crippen molar-refractivity contribution >= 4 is 5.91 Å². The van der Waals surface area contributed by atoms with Crippen LogP contribution in [0.15, 0.2) is 0 Å². The van der Waals surface area contributed by atoms with E-state index in [2.05, 4.69) is 19.9 Å². The molecule has 0 aromatic rings. The summed E-state index contributed by atoms with van der Waals surface area (Å²) in [6.07, 6.45) is 5.13. The topological polar surface area (TPSA) is 44.1 Å². The van der Waals surface area contributed by atoms with Crippen LogP contribution in [0, 0.1) is 22.2 Å². The first-order valence-electron chi connectivity index (χ1n) is 7.17. The van der Waals surface area contributed by atoms with Crippen molar-refractivity contribution in [3.05, 3.63) is 0 Å². The van der Waals surface area contributed by atoms with E-state index in [1.54, 1.807) is 6.92 Å². The number of carbonyl (C=O) groups excluding carboxylic acids is 1. The van der Waals surface area contributed by atoms with Gasteiger partial charge in [0.15, 0.2) is 0 Å². The Bertz CT molecular complexity index is 331. The zero-order chi connectivity index (χ0) is 13.8. The first-order valence-corrected chi connectivity index (χ1v) is 7.17. The fourth-order valence-corrected chi connectivity index (χ4v) is 2.77. The normalized spacial score (nSPS) is 22.1. The van der Waals surface area contributed by atoms with Crippen LogP contribution in [0.2, 0.25) is 0 Å². The predicted molar refractivity (Wildman–Crippen MR) is 72.8 cm³/mol. The van der Waals surface area contributed by atoms with Gasteiger partial charge in [-0.1, -0.05) is 33.6 Å². The maximum absolute atomic E-state index is 12.4. The van der Waals surface area contributed by atoms with E-state index in [1.165, 1.54) is 12.8 Å². The summed E-state index contributed by atoms with van der Waals surface area (Å²) < 4.78 is 0. The number of rotatable bonds is 4. The van der Waals surface area contributed by atoms with E-state index in [1.807, 2.05) is 11.8 Å². The Morgan fingerprint density at radius 3 is 2.11 bits per heavy atom. The second-order valence-corrected chi connectivity index (χ2v) is 5.80. The molecule has 18 heavy (non-hydrogen) atoms. The lowest BCUT2D eigenvalue weighted by Crippen LogP contribution is -2.48. The molecule has 0 radical (unpaired) electrons. The molecule has 1 aliphatic heterocycles. The fraction of sp³-hybridized carbons (Fsp3) is 0.867. The van der Waals surface area contributed by atoms with E-state index < -0.39 is 5.41 Å². The quantitative estimate of drug-likeness (QED) is 0.768. The van der Waals surface area contributed by atoms with Crippen LogP contribution < -0.4 is 0 Å². The highest BCUT2D eigenvalue weighted by molar-refractivity contribution is 5.85. The van der Waals surface area contributed by atoms with Crippen molar-refractivity contribution in [1.82, 2.24) is 4.90 Å². The van der Waals surface area contributed by atoms with E-state index in [9.17, 15) is 10.1 Å². The predicted octanol–water partition coefficient (Wildman–Crippen LogP) is 3.36. The van der Waals surface area contributed by atoms with Gasteiger partial charge in [-0.05, 0) is 31.6 Å². The van der Waals surface area contributed by atoms with Crippen molar-refractivity contribution in [1.29, 1.82) is 5.26 Å². The van der Waals surface area contributed by atoms with E-state index in [0.29, 0.717) is 11.8 Å². The van der Waals surface area contributed by atoms with Crippen LogP contribution in [0.5, 0.6) is 0 Å². The molecule has 1 rings (SSSR count). The number of piperidine rings is 1. The third-order valence-corrected chi connectivity index (χ3v) is 5.04. The second kappa shape index (κ2) is 5.73. The van der Waals surface area contributed by atoms with E-state index in [-0.39, 0.29) is 5.91 Å². The summed E-state index contributed by atoms with van der Waals surface area (Å²) in [6, 6.07) is 2.18. The molecule has 0 spiro atoms. The monoisotopic (exact) mass is 250 g/mol. The zero-order valence-corrected chi connectivity index (χ0v) is 12.3. The standard InChI is InChI=1S/C15H26N2O/c1-5-14(4,12-16)13(18)17-10-8-15(6-2,7-3)9-11-17/h5-11H2,1-4H3. The van der Waals surface area contributed by atoms with Crippen molar-refractivity contribution in [3.63, 3.8) is 0 Å². The largest absolute Gasteiger partial charge is 0.341 e. The highest BCUT2D eigenvalue weighted by atomic mass is 16.2. The smallest absolute Gasteiger partial charge is 0.242 e. The average Bonchev–Trinajstić information content (AvgIpc) is 2.45. The lowest BCUT2D eigenvalue weighted by atomic mass is 9.73. The number of likely N-dealkylation sites (tertiary alicyclic amines) is 1. The number of nitrogens with zero attached hydrogens (tertiary/aromatic N) is 2. The summed E-state index contributed by atoms with van der Waals surface area (Å²) >= 11 is 0. The third kappa shape index (κ3) is 2.68. The second-order valence-electron chi connectivity index (χ2n) is 5.80. The highest BCUT2D eigenvalue weighted by Gasteiger charge is 2.39. The van der Waals surface area contributed by atoms with Gasteiger partial charge in [-0.2, -0.15) is 5.26 Å². The molecule has 1 heterocycles. The Hall–Kier alpha value is -1.04. The lowest BCUT2D eigenvalue weighted by molar-refractivity contribution is -0.141. The van der Waals surface area contributed by atoms with E-state index in [4.69, 9.17) is 0 Å². The minimum Gasteiger partial charge on any atom is -0.341 e. The Labute approximate surface area is 111 Å². The molecule has 0 saturated carbocycles. The van der Waals surface area contributed by atoms with Crippen molar-refractivity contribution in [2.75, 3.05) is 13.1 Å². The van der Waals surface area contributed by atoms with Gasteiger partial charge in [-0.3, -0.25) is 4.79 Å². The van der Waals surface area contributed by atoms with Crippen molar-refractivity contribution in [3.8, 4) is 6.07 Å². The van der Waals surface area contributed by atoms with Crippen LogP contribution in [0.3, 0.4) is 0 Å². The summed E-state index contributed by atoms with van der Waals surface area (Å²) in [6.45, 7) is 9.79. The van der Waals surface area contributed by atoms with Gasteiger partial charge in [0.1, 0.15) is 5.41 Å². The molecule has 3 nitrogen and oxygen atoms in total. The molecule has 1 atom stereocenters. The maximum Gasteiger partial charge on any atom is 0.242 e. The summed E-state index contributed by atoms with van der Waals surface area (Å²) in [5.74, 6) is 0.0216. The van der Waals surface area contributed by atoms with Crippen LogP contribution >= 0.6 is 0 Å². The van der Waals surface area contributed by atoms with Gasteiger partial charge in [-0.25, -0.2) is 0 Å². The van der Waals surface area contributed by atoms with Gasteiger partial charge in [0.2, 0.25) is 5.91 Å². The van der Waals surface area contributed by atoms with Crippen LogP contribution in [0.4, 0.5) is 0 Å². The molecule has 1 saturated heterocycles.